The van der Waals surface area contributed by atoms with Gasteiger partial charge in [-0.15, -0.1) is 0 Å². The molecule has 2 heterocycles. The lowest BCUT2D eigenvalue weighted by atomic mass is 9.95. The molecule has 1 aromatic rings. The van der Waals surface area contributed by atoms with Gasteiger partial charge in [0.15, 0.2) is 0 Å². The molecule has 106 valence electrons. The van der Waals surface area contributed by atoms with E-state index in [1.807, 2.05) is 0 Å². The number of hydrogen-bond acceptors (Lipinski definition) is 4. The van der Waals surface area contributed by atoms with Crippen molar-refractivity contribution in [3.8, 4) is 6.07 Å². The Bertz CT molecular complexity index is 510. The highest BCUT2D eigenvalue weighted by Gasteiger charge is 2.18. The summed E-state index contributed by atoms with van der Waals surface area (Å²) in [5, 5.41) is 16.3. The molecule has 1 atom stereocenters. The van der Waals surface area contributed by atoms with Crippen molar-refractivity contribution in [1.82, 2.24) is 10.3 Å². The maximum absolute atomic E-state index is 9.36. The minimum atomic E-state index is 0.436. The number of hydrogen-bond donors (Lipinski definition) is 2. The largest absolute Gasteiger partial charge is 0.366 e. The molecular weight excluding hydrogens is 248 g/mol. The zero-order chi connectivity index (χ0) is 13.8. The van der Waals surface area contributed by atoms with Crippen molar-refractivity contribution < 1.29 is 0 Å². The molecule has 4 nitrogen and oxygen atoms in total. The summed E-state index contributed by atoms with van der Waals surface area (Å²) in [6.07, 6.45) is 8.01. The van der Waals surface area contributed by atoms with Gasteiger partial charge in [-0.3, -0.25) is 0 Å². The average Bonchev–Trinajstić information content (AvgIpc) is 2.75. The monoisotopic (exact) mass is 270 g/mol. The fourth-order valence-electron chi connectivity index (χ4n) is 3.19. The number of pyridine rings is 1. The van der Waals surface area contributed by atoms with Crippen molar-refractivity contribution in [2.75, 3.05) is 18.4 Å². The van der Waals surface area contributed by atoms with E-state index in [0.717, 1.165) is 44.6 Å². The van der Waals surface area contributed by atoms with Crippen LogP contribution < -0.4 is 10.6 Å². The minimum absolute atomic E-state index is 0.436. The van der Waals surface area contributed by atoms with Gasteiger partial charge in [0.25, 0.3) is 0 Å². The highest BCUT2D eigenvalue weighted by molar-refractivity contribution is 5.55. The van der Waals surface area contributed by atoms with Gasteiger partial charge in [0.1, 0.15) is 11.9 Å². The number of aryl methyl sites for hydroxylation is 2. The summed E-state index contributed by atoms with van der Waals surface area (Å²) in [5.41, 5.74) is 3.19. The van der Waals surface area contributed by atoms with Gasteiger partial charge in [-0.05, 0) is 69.7 Å². The van der Waals surface area contributed by atoms with E-state index in [1.54, 1.807) is 0 Å². The molecule has 0 bridgehead atoms. The number of nitriles is 1. The van der Waals surface area contributed by atoms with Crippen molar-refractivity contribution in [2.45, 2.75) is 51.0 Å². The summed E-state index contributed by atoms with van der Waals surface area (Å²) < 4.78 is 0. The summed E-state index contributed by atoms with van der Waals surface area (Å²) in [6, 6.07) is 4.80. The number of nitrogens with zero attached hydrogens (tertiary/aromatic N) is 2. The Balaban J connectivity index is 1.82. The van der Waals surface area contributed by atoms with E-state index in [0.29, 0.717) is 11.6 Å². The smallest absolute Gasteiger partial charge is 0.144 e. The molecular formula is C16H22N4. The van der Waals surface area contributed by atoms with Gasteiger partial charge < -0.3 is 10.6 Å². The second-order valence-electron chi connectivity index (χ2n) is 5.83. The first kappa shape index (κ1) is 13.4. The molecule has 4 heteroatoms. The molecule has 0 saturated carbocycles. The van der Waals surface area contributed by atoms with Crippen LogP contribution in [0.1, 0.15) is 48.9 Å². The fourth-order valence-corrected chi connectivity index (χ4v) is 3.19. The summed E-state index contributed by atoms with van der Waals surface area (Å²) in [5.74, 6) is 0.806. The third kappa shape index (κ3) is 2.94. The van der Waals surface area contributed by atoms with E-state index < -0.39 is 0 Å². The first-order chi connectivity index (χ1) is 9.86. The van der Waals surface area contributed by atoms with Crippen molar-refractivity contribution in [2.24, 2.45) is 0 Å². The first-order valence-electron chi connectivity index (χ1n) is 7.77. The van der Waals surface area contributed by atoms with Crippen LogP contribution in [0.5, 0.6) is 0 Å². The number of rotatable bonds is 2. The van der Waals surface area contributed by atoms with Crippen LogP contribution in [-0.4, -0.2) is 24.1 Å². The van der Waals surface area contributed by atoms with Gasteiger partial charge in [-0.2, -0.15) is 5.26 Å². The third-order valence-corrected chi connectivity index (χ3v) is 4.34. The van der Waals surface area contributed by atoms with E-state index in [1.165, 1.54) is 30.5 Å². The van der Waals surface area contributed by atoms with Crippen LogP contribution in [-0.2, 0) is 12.8 Å². The summed E-state index contributed by atoms with van der Waals surface area (Å²) in [6.45, 7) is 2.14. The van der Waals surface area contributed by atoms with Gasteiger partial charge >= 0.3 is 0 Å². The predicted octanol–water partition coefficient (Wildman–Crippen LogP) is 2.39. The predicted molar refractivity (Wildman–Crippen MR) is 79.7 cm³/mol. The van der Waals surface area contributed by atoms with Gasteiger partial charge in [0.05, 0.1) is 5.56 Å². The van der Waals surface area contributed by atoms with Crippen LogP contribution >= 0.6 is 0 Å². The number of anilines is 1. The van der Waals surface area contributed by atoms with E-state index in [-0.39, 0.29) is 0 Å². The van der Waals surface area contributed by atoms with Crippen molar-refractivity contribution in [3.63, 3.8) is 0 Å². The van der Waals surface area contributed by atoms with E-state index in [2.05, 4.69) is 22.8 Å². The lowest BCUT2D eigenvalue weighted by Gasteiger charge is -2.21. The molecule has 20 heavy (non-hydrogen) atoms. The molecule has 1 saturated heterocycles. The topological polar surface area (TPSA) is 60.7 Å². The molecule has 2 N–H and O–H groups in total. The molecule has 3 rings (SSSR count). The normalized spacial score (nSPS) is 22.4. The highest BCUT2D eigenvalue weighted by atomic mass is 15.0. The van der Waals surface area contributed by atoms with E-state index >= 15 is 0 Å². The number of nitrogens with one attached hydrogen (secondary N) is 2. The summed E-state index contributed by atoms with van der Waals surface area (Å²) in [7, 11) is 0. The van der Waals surface area contributed by atoms with Crippen LogP contribution in [0, 0.1) is 11.3 Å². The third-order valence-electron chi connectivity index (χ3n) is 4.34. The SMILES string of the molecule is N#Cc1cc2c(nc1NC1CCCNCC1)CCCC2. The molecule has 0 amide bonds. The maximum atomic E-state index is 9.36. The maximum Gasteiger partial charge on any atom is 0.144 e. The first-order valence-corrected chi connectivity index (χ1v) is 7.77. The Morgan fingerprint density at radius 2 is 2.10 bits per heavy atom. The lowest BCUT2D eigenvalue weighted by molar-refractivity contribution is 0.630. The number of aromatic nitrogens is 1. The summed E-state index contributed by atoms with van der Waals surface area (Å²) >= 11 is 0. The molecule has 0 spiro atoms. The van der Waals surface area contributed by atoms with Gasteiger partial charge in [-0.1, -0.05) is 0 Å². The fraction of sp³-hybridized carbons (Fsp3) is 0.625. The van der Waals surface area contributed by atoms with Crippen LogP contribution in [0.4, 0.5) is 5.82 Å². The van der Waals surface area contributed by atoms with Crippen molar-refractivity contribution in [1.29, 1.82) is 5.26 Å². The Hall–Kier alpha value is -1.60. The molecule has 1 aliphatic heterocycles. The standard InChI is InChI=1S/C16H22N4/c17-11-13-10-12-4-1-2-6-15(12)20-16(13)19-14-5-3-8-18-9-7-14/h10,14,18H,1-9H2,(H,19,20). The van der Waals surface area contributed by atoms with Gasteiger partial charge in [0, 0.05) is 11.7 Å². The second kappa shape index (κ2) is 6.23. The van der Waals surface area contributed by atoms with Crippen molar-refractivity contribution in [3.05, 3.63) is 22.9 Å². The molecule has 1 aliphatic carbocycles. The molecule has 0 radical (unpaired) electrons. The van der Waals surface area contributed by atoms with E-state index in [4.69, 9.17) is 4.98 Å². The zero-order valence-corrected chi connectivity index (χ0v) is 11.9. The zero-order valence-electron chi connectivity index (χ0n) is 11.9. The Morgan fingerprint density at radius 3 is 3.00 bits per heavy atom. The van der Waals surface area contributed by atoms with Crippen LogP contribution in [0.2, 0.25) is 0 Å². The van der Waals surface area contributed by atoms with Crippen LogP contribution in [0.3, 0.4) is 0 Å². The second-order valence-corrected chi connectivity index (χ2v) is 5.83. The van der Waals surface area contributed by atoms with E-state index in [9.17, 15) is 5.26 Å². The highest BCUT2D eigenvalue weighted by Crippen LogP contribution is 2.25. The quantitative estimate of drug-likeness (QED) is 0.866. The molecule has 1 aromatic heterocycles. The van der Waals surface area contributed by atoms with Crippen LogP contribution in [0.15, 0.2) is 6.07 Å². The Morgan fingerprint density at radius 1 is 1.20 bits per heavy atom. The van der Waals surface area contributed by atoms with Crippen LogP contribution in [0.25, 0.3) is 0 Å². The summed E-state index contributed by atoms with van der Waals surface area (Å²) in [4.78, 5) is 4.75. The molecule has 0 aromatic carbocycles. The minimum Gasteiger partial charge on any atom is -0.366 e. The Labute approximate surface area is 120 Å². The lowest BCUT2D eigenvalue weighted by Crippen LogP contribution is -2.23. The van der Waals surface area contributed by atoms with Crippen molar-refractivity contribution >= 4 is 5.82 Å². The number of fused-ring (bicyclic) bond motifs is 1. The molecule has 1 unspecified atom stereocenters. The van der Waals surface area contributed by atoms with Gasteiger partial charge in [-0.25, -0.2) is 4.98 Å². The van der Waals surface area contributed by atoms with Gasteiger partial charge in [0.2, 0.25) is 0 Å². The molecule has 1 fully saturated rings. The molecule has 2 aliphatic rings. The average molecular weight is 270 g/mol. The Kier molecular flexibility index (Phi) is 4.17.